The van der Waals surface area contributed by atoms with E-state index in [-0.39, 0.29) is 18.2 Å². The van der Waals surface area contributed by atoms with Crippen LogP contribution in [0.2, 0.25) is 0 Å². The largest absolute Gasteiger partial charge is 0.465 e. The Morgan fingerprint density at radius 3 is 2.42 bits per heavy atom. The average molecular weight is 272 g/mol. The molecule has 19 heavy (non-hydrogen) atoms. The van der Waals surface area contributed by atoms with E-state index in [0.717, 1.165) is 19.6 Å². The predicted molar refractivity (Wildman–Crippen MR) is 75.2 cm³/mol. The molecule has 0 amide bonds. The number of carbonyl (C=O) groups excluding carboxylic acids is 1. The number of nitrogens with zero attached hydrogens (tertiary/aromatic N) is 1. The summed E-state index contributed by atoms with van der Waals surface area (Å²) in [4.78, 5) is 14.4. The van der Waals surface area contributed by atoms with Crippen molar-refractivity contribution in [3.8, 4) is 0 Å². The zero-order chi connectivity index (χ0) is 14.5. The standard InChI is InChI=1S/C14H28N2O3/c1-6-15-14(5,13(17)18-7-2)10-16-8-11(3)19-12(4)9-16/h11-12,15H,6-10H2,1-5H3. The molecule has 0 radical (unpaired) electrons. The monoisotopic (exact) mass is 272 g/mol. The van der Waals surface area contributed by atoms with Crippen molar-refractivity contribution in [1.82, 2.24) is 10.2 Å². The molecule has 1 aliphatic heterocycles. The van der Waals surface area contributed by atoms with Crippen LogP contribution in [0.25, 0.3) is 0 Å². The van der Waals surface area contributed by atoms with Crippen molar-refractivity contribution in [2.24, 2.45) is 0 Å². The maximum atomic E-state index is 12.1. The third-order valence-corrected chi connectivity index (χ3v) is 3.33. The summed E-state index contributed by atoms with van der Waals surface area (Å²) >= 11 is 0. The summed E-state index contributed by atoms with van der Waals surface area (Å²) in [6.07, 6.45) is 0.411. The molecule has 1 aliphatic rings. The molecule has 0 saturated carbocycles. The van der Waals surface area contributed by atoms with E-state index in [1.54, 1.807) is 0 Å². The van der Waals surface area contributed by atoms with Gasteiger partial charge in [0, 0.05) is 19.6 Å². The van der Waals surface area contributed by atoms with Gasteiger partial charge in [0.2, 0.25) is 0 Å². The van der Waals surface area contributed by atoms with Crippen molar-refractivity contribution < 1.29 is 14.3 Å². The van der Waals surface area contributed by atoms with Crippen molar-refractivity contribution >= 4 is 5.97 Å². The number of carbonyl (C=O) groups is 1. The lowest BCUT2D eigenvalue weighted by molar-refractivity contribution is -0.153. The van der Waals surface area contributed by atoms with E-state index in [0.29, 0.717) is 13.2 Å². The minimum absolute atomic E-state index is 0.177. The molecule has 112 valence electrons. The van der Waals surface area contributed by atoms with Crippen LogP contribution in [-0.4, -0.2) is 61.4 Å². The van der Waals surface area contributed by atoms with E-state index in [9.17, 15) is 4.79 Å². The van der Waals surface area contributed by atoms with E-state index < -0.39 is 5.54 Å². The van der Waals surface area contributed by atoms with Gasteiger partial charge >= 0.3 is 5.97 Å². The molecule has 1 fully saturated rings. The van der Waals surface area contributed by atoms with E-state index in [4.69, 9.17) is 9.47 Å². The minimum atomic E-state index is -0.651. The molecule has 3 unspecified atom stereocenters. The first-order chi connectivity index (χ1) is 8.91. The van der Waals surface area contributed by atoms with Gasteiger partial charge < -0.3 is 14.8 Å². The molecular formula is C14H28N2O3. The molecule has 1 saturated heterocycles. The lowest BCUT2D eigenvalue weighted by atomic mass is 10.0. The molecule has 0 aliphatic carbocycles. The van der Waals surface area contributed by atoms with Crippen molar-refractivity contribution in [1.29, 1.82) is 0 Å². The maximum absolute atomic E-state index is 12.1. The lowest BCUT2D eigenvalue weighted by Gasteiger charge is -2.40. The molecule has 1 N–H and O–H groups in total. The molecule has 0 aromatic rings. The van der Waals surface area contributed by atoms with Gasteiger partial charge in [0.1, 0.15) is 5.54 Å². The summed E-state index contributed by atoms with van der Waals surface area (Å²) in [6, 6.07) is 0. The number of likely N-dealkylation sites (N-methyl/N-ethyl adjacent to an activating group) is 1. The highest BCUT2D eigenvalue weighted by Gasteiger charge is 2.37. The molecule has 0 bridgehead atoms. The quantitative estimate of drug-likeness (QED) is 0.732. The highest BCUT2D eigenvalue weighted by molar-refractivity contribution is 5.80. The second kappa shape index (κ2) is 7.22. The number of hydrogen-bond acceptors (Lipinski definition) is 5. The van der Waals surface area contributed by atoms with E-state index in [1.165, 1.54) is 0 Å². The Morgan fingerprint density at radius 2 is 1.95 bits per heavy atom. The highest BCUT2D eigenvalue weighted by Crippen LogP contribution is 2.16. The van der Waals surface area contributed by atoms with E-state index in [2.05, 4.69) is 24.1 Å². The lowest BCUT2D eigenvalue weighted by Crippen LogP contribution is -2.60. The van der Waals surface area contributed by atoms with Gasteiger partial charge in [-0.05, 0) is 34.2 Å². The van der Waals surface area contributed by atoms with E-state index >= 15 is 0 Å². The molecule has 0 spiro atoms. The van der Waals surface area contributed by atoms with Crippen LogP contribution in [0.5, 0.6) is 0 Å². The second-order valence-corrected chi connectivity index (χ2v) is 5.53. The average Bonchev–Trinajstić information content (AvgIpc) is 2.27. The Hall–Kier alpha value is -0.650. The van der Waals surface area contributed by atoms with Crippen molar-refractivity contribution in [3.63, 3.8) is 0 Å². The Kier molecular flexibility index (Phi) is 6.23. The van der Waals surface area contributed by atoms with Gasteiger partial charge in [-0.2, -0.15) is 0 Å². The van der Waals surface area contributed by atoms with Crippen LogP contribution in [0, 0.1) is 0 Å². The number of nitrogens with one attached hydrogen (secondary N) is 1. The molecule has 5 heteroatoms. The van der Waals surface area contributed by atoms with Gasteiger partial charge in [-0.1, -0.05) is 6.92 Å². The molecule has 1 heterocycles. The minimum Gasteiger partial charge on any atom is -0.465 e. The zero-order valence-electron chi connectivity index (χ0n) is 12.9. The first-order valence-electron chi connectivity index (χ1n) is 7.21. The van der Waals surface area contributed by atoms with Gasteiger partial charge in [0.15, 0.2) is 0 Å². The molecular weight excluding hydrogens is 244 g/mol. The summed E-state index contributed by atoms with van der Waals surface area (Å²) in [5, 5.41) is 3.26. The summed E-state index contributed by atoms with van der Waals surface area (Å²) in [5.41, 5.74) is -0.651. The summed E-state index contributed by atoms with van der Waals surface area (Å²) < 4.78 is 10.9. The van der Waals surface area contributed by atoms with Crippen molar-refractivity contribution in [2.75, 3.05) is 32.8 Å². The Labute approximate surface area is 116 Å². The number of esters is 1. The van der Waals surface area contributed by atoms with Crippen LogP contribution in [0.4, 0.5) is 0 Å². The Balaban J connectivity index is 2.68. The van der Waals surface area contributed by atoms with Crippen LogP contribution < -0.4 is 5.32 Å². The summed E-state index contributed by atoms with van der Waals surface area (Å²) in [7, 11) is 0. The topological polar surface area (TPSA) is 50.8 Å². The molecule has 3 atom stereocenters. The Morgan fingerprint density at radius 1 is 1.37 bits per heavy atom. The van der Waals surface area contributed by atoms with Crippen molar-refractivity contribution in [2.45, 2.75) is 52.4 Å². The van der Waals surface area contributed by atoms with Crippen molar-refractivity contribution in [3.05, 3.63) is 0 Å². The first-order valence-corrected chi connectivity index (χ1v) is 7.21. The third kappa shape index (κ3) is 4.75. The fraction of sp³-hybridized carbons (Fsp3) is 0.929. The summed E-state index contributed by atoms with van der Waals surface area (Å²) in [5.74, 6) is -0.177. The number of hydrogen-bond donors (Lipinski definition) is 1. The third-order valence-electron chi connectivity index (χ3n) is 3.33. The van der Waals surface area contributed by atoms with Crippen LogP contribution >= 0.6 is 0 Å². The highest BCUT2D eigenvalue weighted by atomic mass is 16.5. The molecule has 1 rings (SSSR count). The number of ether oxygens (including phenoxy) is 2. The molecule has 5 nitrogen and oxygen atoms in total. The van der Waals surface area contributed by atoms with Gasteiger partial charge in [-0.15, -0.1) is 0 Å². The van der Waals surface area contributed by atoms with Gasteiger partial charge in [-0.3, -0.25) is 9.69 Å². The fourth-order valence-corrected chi connectivity index (χ4v) is 2.73. The number of morpholine rings is 1. The van der Waals surface area contributed by atoms with Gasteiger partial charge in [0.05, 0.1) is 18.8 Å². The first kappa shape index (κ1) is 16.4. The number of rotatable bonds is 6. The van der Waals surface area contributed by atoms with Crippen LogP contribution in [-0.2, 0) is 14.3 Å². The maximum Gasteiger partial charge on any atom is 0.327 e. The zero-order valence-corrected chi connectivity index (χ0v) is 12.9. The SMILES string of the molecule is CCNC(C)(CN1CC(C)OC(C)C1)C(=O)OCC. The summed E-state index contributed by atoms with van der Waals surface area (Å²) in [6.45, 7) is 13.4. The predicted octanol–water partition coefficient (Wildman–Crippen LogP) is 1.03. The molecule has 0 aromatic heterocycles. The van der Waals surface area contributed by atoms with Crippen LogP contribution in [0.15, 0.2) is 0 Å². The van der Waals surface area contributed by atoms with Crippen LogP contribution in [0.1, 0.15) is 34.6 Å². The van der Waals surface area contributed by atoms with E-state index in [1.807, 2.05) is 20.8 Å². The van der Waals surface area contributed by atoms with Gasteiger partial charge in [0.25, 0.3) is 0 Å². The molecule has 0 aromatic carbocycles. The smallest absolute Gasteiger partial charge is 0.327 e. The van der Waals surface area contributed by atoms with Gasteiger partial charge in [-0.25, -0.2) is 0 Å². The fourth-order valence-electron chi connectivity index (χ4n) is 2.73. The Bertz CT molecular complexity index is 288. The van der Waals surface area contributed by atoms with Crippen LogP contribution in [0.3, 0.4) is 0 Å². The normalized spacial score (nSPS) is 27.8. The second-order valence-electron chi connectivity index (χ2n) is 5.53.